The van der Waals surface area contributed by atoms with Gasteiger partial charge in [-0.15, -0.1) is 5.10 Å². The molecule has 0 radical (unpaired) electrons. The van der Waals surface area contributed by atoms with E-state index in [-0.39, 0.29) is 18.4 Å². The molecule has 3 rings (SSSR count). The summed E-state index contributed by atoms with van der Waals surface area (Å²) >= 11 is 0. The van der Waals surface area contributed by atoms with Crippen molar-refractivity contribution >= 4 is 5.97 Å². The highest BCUT2D eigenvalue weighted by atomic mass is 16.5. The first-order valence-electron chi connectivity index (χ1n) is 8.62. The van der Waals surface area contributed by atoms with Gasteiger partial charge >= 0.3 is 5.97 Å². The maximum absolute atomic E-state index is 11.2. The summed E-state index contributed by atoms with van der Waals surface area (Å²) < 4.78 is 7.60. The number of aliphatic carboxylic acids is 1. The molecule has 2 aromatic heterocycles. The third-order valence-corrected chi connectivity index (χ3v) is 4.74. The number of pyridine rings is 1. The summed E-state index contributed by atoms with van der Waals surface area (Å²) in [4.78, 5) is 15.8. The van der Waals surface area contributed by atoms with Gasteiger partial charge in [0.15, 0.2) is 0 Å². The molecule has 2 heterocycles. The molecule has 2 aromatic rings. The number of nitriles is 1. The number of aromatic nitrogens is 4. The number of carbonyl (C=O) groups is 1. The first-order valence-corrected chi connectivity index (χ1v) is 8.62. The van der Waals surface area contributed by atoms with E-state index in [1.54, 1.807) is 17.8 Å². The summed E-state index contributed by atoms with van der Waals surface area (Å²) in [6.07, 6.45) is 3.02. The van der Waals surface area contributed by atoms with Crippen LogP contribution in [0.15, 0.2) is 12.1 Å². The molecule has 0 amide bonds. The van der Waals surface area contributed by atoms with Crippen LogP contribution in [0.25, 0.3) is 11.4 Å². The largest absolute Gasteiger partial charge is 0.489 e. The monoisotopic (exact) mass is 355 g/mol. The molecule has 2 atom stereocenters. The van der Waals surface area contributed by atoms with Gasteiger partial charge in [0.05, 0.1) is 41.6 Å². The minimum absolute atomic E-state index is 0.109. The van der Waals surface area contributed by atoms with Crippen LogP contribution in [-0.2, 0) is 18.3 Å². The smallest absolute Gasteiger partial charge is 0.306 e. The van der Waals surface area contributed by atoms with E-state index in [1.165, 1.54) is 0 Å². The molecule has 1 N–H and O–H groups in total. The molecule has 0 bridgehead atoms. The predicted molar refractivity (Wildman–Crippen MR) is 92.3 cm³/mol. The van der Waals surface area contributed by atoms with Gasteiger partial charge in [-0.05, 0) is 44.7 Å². The number of rotatable bonds is 5. The second-order valence-corrected chi connectivity index (χ2v) is 6.56. The fourth-order valence-corrected chi connectivity index (χ4v) is 3.31. The molecule has 136 valence electrons. The normalized spacial score (nSPS) is 19.7. The third-order valence-electron chi connectivity index (χ3n) is 4.74. The van der Waals surface area contributed by atoms with Gasteiger partial charge in [-0.1, -0.05) is 5.21 Å². The maximum Gasteiger partial charge on any atom is 0.306 e. The van der Waals surface area contributed by atoms with Gasteiger partial charge in [-0.25, -0.2) is 4.98 Å². The lowest BCUT2D eigenvalue weighted by molar-refractivity contribution is -0.143. The van der Waals surface area contributed by atoms with Gasteiger partial charge in [0.25, 0.3) is 0 Å². The highest BCUT2D eigenvalue weighted by Crippen LogP contribution is 2.30. The van der Waals surface area contributed by atoms with Crippen LogP contribution in [0, 0.1) is 24.2 Å². The average molecular weight is 355 g/mol. The lowest BCUT2D eigenvalue weighted by Gasteiger charge is -2.27. The summed E-state index contributed by atoms with van der Waals surface area (Å²) in [6, 6.07) is 5.74. The number of hydrogen-bond acceptors (Lipinski definition) is 6. The first-order chi connectivity index (χ1) is 12.5. The summed E-state index contributed by atoms with van der Waals surface area (Å²) in [7, 11) is 1.75. The Labute approximate surface area is 151 Å². The van der Waals surface area contributed by atoms with E-state index in [1.807, 2.05) is 13.0 Å². The average Bonchev–Trinajstić information content (AvgIpc) is 2.98. The number of aryl methyl sites for hydroxylation is 2. The SMILES string of the molecule is Cc1nc(-c2nnn(C)c2CC#N)ccc1OC1CCC[C@H](C(=O)O)C1. The summed E-state index contributed by atoms with van der Waals surface area (Å²) in [6.45, 7) is 1.84. The molecule has 26 heavy (non-hydrogen) atoms. The van der Waals surface area contributed by atoms with Crippen molar-refractivity contribution in [3.63, 3.8) is 0 Å². The highest BCUT2D eigenvalue weighted by Gasteiger charge is 2.28. The van der Waals surface area contributed by atoms with Crippen molar-refractivity contribution in [2.45, 2.75) is 45.1 Å². The zero-order valence-electron chi connectivity index (χ0n) is 14.8. The van der Waals surface area contributed by atoms with Crippen molar-refractivity contribution in [3.05, 3.63) is 23.5 Å². The van der Waals surface area contributed by atoms with Crippen molar-refractivity contribution in [1.82, 2.24) is 20.0 Å². The summed E-state index contributed by atoms with van der Waals surface area (Å²) in [5.74, 6) is -0.443. The highest BCUT2D eigenvalue weighted by molar-refractivity contribution is 5.70. The van der Waals surface area contributed by atoms with Crippen molar-refractivity contribution in [3.8, 4) is 23.2 Å². The molecule has 8 heteroatoms. The predicted octanol–water partition coefficient (Wildman–Crippen LogP) is 2.27. The van der Waals surface area contributed by atoms with Gasteiger partial charge in [0, 0.05) is 7.05 Å². The molecule has 1 aliphatic carbocycles. The Morgan fingerprint density at radius 1 is 1.46 bits per heavy atom. The van der Waals surface area contributed by atoms with Crippen molar-refractivity contribution in [2.75, 3.05) is 0 Å². The first kappa shape index (κ1) is 17.9. The fourth-order valence-electron chi connectivity index (χ4n) is 3.31. The number of ether oxygens (including phenoxy) is 1. The Kier molecular flexibility index (Phi) is 5.16. The van der Waals surface area contributed by atoms with E-state index in [0.29, 0.717) is 41.4 Å². The molecule has 1 aliphatic rings. The number of hydrogen-bond donors (Lipinski definition) is 1. The topological polar surface area (TPSA) is 114 Å². The Bertz CT molecular complexity index is 855. The van der Waals surface area contributed by atoms with Crippen molar-refractivity contribution in [2.24, 2.45) is 13.0 Å². The maximum atomic E-state index is 11.2. The van der Waals surface area contributed by atoms with Crippen LogP contribution < -0.4 is 4.74 Å². The van der Waals surface area contributed by atoms with Crippen LogP contribution in [0.4, 0.5) is 0 Å². The molecule has 1 fully saturated rings. The van der Waals surface area contributed by atoms with Crippen LogP contribution >= 0.6 is 0 Å². The van der Waals surface area contributed by atoms with E-state index in [2.05, 4.69) is 21.4 Å². The molecule has 1 unspecified atom stereocenters. The van der Waals surface area contributed by atoms with Crippen LogP contribution in [0.3, 0.4) is 0 Å². The Morgan fingerprint density at radius 3 is 2.96 bits per heavy atom. The van der Waals surface area contributed by atoms with E-state index in [0.717, 1.165) is 12.8 Å². The van der Waals surface area contributed by atoms with Gasteiger partial charge in [-0.2, -0.15) is 5.26 Å². The van der Waals surface area contributed by atoms with Gasteiger partial charge in [0.1, 0.15) is 11.4 Å². The molecule has 1 saturated carbocycles. The minimum Gasteiger partial charge on any atom is -0.489 e. The second kappa shape index (κ2) is 7.52. The van der Waals surface area contributed by atoms with E-state index < -0.39 is 5.97 Å². The van der Waals surface area contributed by atoms with Crippen LogP contribution in [-0.4, -0.2) is 37.2 Å². The quantitative estimate of drug-likeness (QED) is 0.875. The Morgan fingerprint density at radius 2 is 2.27 bits per heavy atom. The van der Waals surface area contributed by atoms with E-state index in [9.17, 15) is 9.90 Å². The minimum atomic E-state index is -0.754. The lowest BCUT2D eigenvalue weighted by atomic mass is 9.87. The fraction of sp³-hybridized carbons (Fsp3) is 0.500. The molecule has 0 aliphatic heterocycles. The number of carboxylic acids is 1. The van der Waals surface area contributed by atoms with E-state index in [4.69, 9.17) is 10.00 Å². The third kappa shape index (κ3) is 3.67. The van der Waals surface area contributed by atoms with Crippen LogP contribution in [0.5, 0.6) is 5.75 Å². The molecule has 0 aromatic carbocycles. The number of nitrogens with zero attached hydrogens (tertiary/aromatic N) is 5. The Balaban J connectivity index is 1.78. The molecular formula is C18H21N5O3. The zero-order valence-corrected chi connectivity index (χ0v) is 14.8. The van der Waals surface area contributed by atoms with Gasteiger partial charge < -0.3 is 9.84 Å². The van der Waals surface area contributed by atoms with Crippen LogP contribution in [0.2, 0.25) is 0 Å². The molecular weight excluding hydrogens is 334 g/mol. The molecule has 8 nitrogen and oxygen atoms in total. The zero-order chi connectivity index (χ0) is 18.7. The number of carboxylic acid groups (broad SMARTS) is 1. The summed E-state index contributed by atoms with van der Waals surface area (Å²) in [5.41, 5.74) is 2.64. The molecule has 0 saturated heterocycles. The Hall–Kier alpha value is -2.95. The van der Waals surface area contributed by atoms with Gasteiger partial charge in [-0.3, -0.25) is 9.48 Å². The standard InChI is InChI=1S/C18H21N5O3/c1-11-16(26-13-5-3-4-12(10-13)18(24)25)7-6-14(20-11)17-15(8-9-19)23(2)22-21-17/h6-7,12-13H,3-5,8,10H2,1-2H3,(H,24,25)/t12-,13?/m0/s1. The second-order valence-electron chi connectivity index (χ2n) is 6.56. The summed E-state index contributed by atoms with van der Waals surface area (Å²) in [5, 5.41) is 26.3. The van der Waals surface area contributed by atoms with Crippen LogP contribution in [0.1, 0.15) is 37.1 Å². The van der Waals surface area contributed by atoms with E-state index >= 15 is 0 Å². The van der Waals surface area contributed by atoms with Crippen molar-refractivity contribution < 1.29 is 14.6 Å². The molecule has 0 spiro atoms. The van der Waals surface area contributed by atoms with Gasteiger partial charge in [0.2, 0.25) is 0 Å². The lowest BCUT2D eigenvalue weighted by Crippen LogP contribution is -2.29. The van der Waals surface area contributed by atoms with Crippen molar-refractivity contribution in [1.29, 1.82) is 5.26 Å².